The van der Waals surface area contributed by atoms with Crippen molar-refractivity contribution in [3.8, 4) is 0 Å². The van der Waals surface area contributed by atoms with Gasteiger partial charge in [0.1, 0.15) is 0 Å². The summed E-state index contributed by atoms with van der Waals surface area (Å²) < 4.78 is 6.75. The Morgan fingerprint density at radius 2 is 1.00 bits per heavy atom. The van der Waals surface area contributed by atoms with E-state index >= 15 is 0 Å². The van der Waals surface area contributed by atoms with Crippen molar-refractivity contribution in [2.45, 2.75) is 77.4 Å². The lowest BCUT2D eigenvalue weighted by Crippen LogP contribution is -2.46. The molecule has 0 saturated heterocycles. The van der Waals surface area contributed by atoms with Crippen LogP contribution in [-0.4, -0.2) is 38.4 Å². The van der Waals surface area contributed by atoms with E-state index in [9.17, 15) is 0 Å². The van der Waals surface area contributed by atoms with Gasteiger partial charge >= 0.3 is 0 Å². The topological polar surface area (TPSA) is 33.3 Å². The summed E-state index contributed by atoms with van der Waals surface area (Å²) in [6.45, 7) is 11.1. The summed E-state index contributed by atoms with van der Waals surface area (Å²) in [5.41, 5.74) is 0.0611. The third-order valence-corrected chi connectivity index (χ3v) is 4.67. The van der Waals surface area contributed by atoms with E-state index in [1.807, 2.05) is 14.1 Å². The molecule has 0 spiro atoms. The Morgan fingerprint density at radius 3 is 1.21 bits per heavy atom. The Kier molecular flexibility index (Phi) is 9.67. The minimum atomic E-state index is 0.0305. The van der Waals surface area contributed by atoms with Gasteiger partial charge in [0.25, 0.3) is 0 Å². The molecule has 2 N–H and O–H groups in total. The molecule has 0 aliphatic carbocycles. The zero-order valence-corrected chi connectivity index (χ0v) is 14.1. The fourth-order valence-electron chi connectivity index (χ4n) is 2.76. The van der Waals surface area contributed by atoms with Gasteiger partial charge in [0.2, 0.25) is 0 Å². The molecule has 0 fully saturated rings. The molecular formula is C16H36N2O. The molecule has 0 aromatic rings. The maximum atomic E-state index is 6.75. The van der Waals surface area contributed by atoms with E-state index in [1.165, 1.54) is 0 Å². The first-order valence-electron chi connectivity index (χ1n) is 8.07. The van der Waals surface area contributed by atoms with E-state index in [1.54, 1.807) is 0 Å². The normalized spacial score (nSPS) is 12.9. The van der Waals surface area contributed by atoms with Gasteiger partial charge < -0.3 is 15.4 Å². The Hall–Kier alpha value is -0.120. The predicted octanol–water partition coefficient (Wildman–Crippen LogP) is 3.34. The van der Waals surface area contributed by atoms with Crippen LogP contribution in [0.4, 0.5) is 0 Å². The quantitative estimate of drug-likeness (QED) is 0.572. The highest BCUT2D eigenvalue weighted by Crippen LogP contribution is 2.35. The van der Waals surface area contributed by atoms with Crippen LogP contribution in [0.15, 0.2) is 0 Å². The second-order valence-corrected chi connectivity index (χ2v) is 5.59. The van der Waals surface area contributed by atoms with E-state index in [-0.39, 0.29) is 11.2 Å². The summed E-state index contributed by atoms with van der Waals surface area (Å²) in [6.07, 6.45) is 6.55. The first kappa shape index (κ1) is 18.9. The van der Waals surface area contributed by atoms with Crippen molar-refractivity contribution in [1.82, 2.24) is 10.6 Å². The Bertz CT molecular complexity index is 189. The van der Waals surface area contributed by atoms with Gasteiger partial charge in [-0.3, -0.25) is 0 Å². The molecule has 3 heteroatoms. The van der Waals surface area contributed by atoms with Gasteiger partial charge in [0.15, 0.2) is 0 Å². The molecule has 0 bridgehead atoms. The van der Waals surface area contributed by atoms with Crippen LogP contribution in [0.5, 0.6) is 0 Å². The Balaban J connectivity index is 4.90. The number of ether oxygens (including phenoxy) is 1. The molecule has 3 nitrogen and oxygen atoms in total. The number of rotatable bonds is 12. The van der Waals surface area contributed by atoms with E-state index < -0.39 is 0 Å². The SMILES string of the molecule is CCC(CC)(CCNC)OC(CC)(CC)CCNC. The molecule has 19 heavy (non-hydrogen) atoms. The van der Waals surface area contributed by atoms with Gasteiger partial charge in [-0.05, 0) is 65.7 Å². The van der Waals surface area contributed by atoms with Gasteiger partial charge in [-0.1, -0.05) is 27.7 Å². The van der Waals surface area contributed by atoms with Gasteiger partial charge in [0, 0.05) is 0 Å². The molecule has 0 heterocycles. The van der Waals surface area contributed by atoms with Crippen LogP contribution in [0.1, 0.15) is 66.2 Å². The van der Waals surface area contributed by atoms with Crippen LogP contribution in [0.3, 0.4) is 0 Å². The lowest BCUT2D eigenvalue weighted by atomic mass is 9.87. The van der Waals surface area contributed by atoms with E-state index in [2.05, 4.69) is 38.3 Å². The maximum absolute atomic E-state index is 6.75. The molecule has 0 unspecified atom stereocenters. The van der Waals surface area contributed by atoms with E-state index in [0.29, 0.717) is 0 Å². The van der Waals surface area contributed by atoms with Crippen molar-refractivity contribution < 1.29 is 4.74 Å². The summed E-state index contributed by atoms with van der Waals surface area (Å²) in [4.78, 5) is 0. The minimum Gasteiger partial charge on any atom is -0.368 e. The molecule has 0 aromatic heterocycles. The van der Waals surface area contributed by atoms with Gasteiger partial charge in [0.05, 0.1) is 11.2 Å². The first-order chi connectivity index (χ1) is 9.07. The third-order valence-electron chi connectivity index (χ3n) is 4.67. The summed E-state index contributed by atoms with van der Waals surface area (Å²) >= 11 is 0. The average Bonchev–Trinajstić information content (AvgIpc) is 2.48. The lowest BCUT2D eigenvalue weighted by molar-refractivity contribution is -0.170. The van der Waals surface area contributed by atoms with Gasteiger partial charge in [-0.25, -0.2) is 0 Å². The molecule has 0 amide bonds. The van der Waals surface area contributed by atoms with Crippen molar-refractivity contribution >= 4 is 0 Å². The summed E-state index contributed by atoms with van der Waals surface area (Å²) in [5, 5.41) is 6.53. The molecule has 116 valence electrons. The van der Waals surface area contributed by atoms with Crippen molar-refractivity contribution in [3.63, 3.8) is 0 Å². The largest absolute Gasteiger partial charge is 0.368 e. The zero-order chi connectivity index (χ0) is 14.8. The Morgan fingerprint density at radius 1 is 0.684 bits per heavy atom. The number of hydrogen-bond donors (Lipinski definition) is 2. The molecule has 0 rings (SSSR count). The van der Waals surface area contributed by atoms with Crippen molar-refractivity contribution in [1.29, 1.82) is 0 Å². The summed E-state index contributed by atoms with van der Waals surface area (Å²) in [7, 11) is 4.04. The van der Waals surface area contributed by atoms with Crippen LogP contribution in [0.2, 0.25) is 0 Å². The van der Waals surface area contributed by atoms with E-state index in [0.717, 1.165) is 51.6 Å². The van der Waals surface area contributed by atoms with Crippen LogP contribution in [-0.2, 0) is 4.74 Å². The molecule has 0 aliphatic heterocycles. The third kappa shape index (κ3) is 5.80. The molecule has 0 atom stereocenters. The molecular weight excluding hydrogens is 236 g/mol. The average molecular weight is 272 g/mol. The molecule has 0 radical (unpaired) electrons. The molecule has 0 saturated carbocycles. The van der Waals surface area contributed by atoms with Crippen LogP contribution in [0.25, 0.3) is 0 Å². The van der Waals surface area contributed by atoms with Gasteiger partial charge in [-0.2, -0.15) is 0 Å². The first-order valence-corrected chi connectivity index (χ1v) is 8.07. The fraction of sp³-hybridized carbons (Fsp3) is 1.00. The van der Waals surface area contributed by atoms with Crippen molar-refractivity contribution in [2.24, 2.45) is 0 Å². The van der Waals surface area contributed by atoms with Gasteiger partial charge in [-0.15, -0.1) is 0 Å². The Labute approximate surface area is 120 Å². The van der Waals surface area contributed by atoms with E-state index in [4.69, 9.17) is 4.74 Å². The number of nitrogens with one attached hydrogen (secondary N) is 2. The van der Waals surface area contributed by atoms with Crippen molar-refractivity contribution in [3.05, 3.63) is 0 Å². The second kappa shape index (κ2) is 9.73. The second-order valence-electron chi connectivity index (χ2n) is 5.59. The molecule has 0 aliphatic rings. The highest BCUT2D eigenvalue weighted by molar-refractivity contribution is 4.87. The highest BCUT2D eigenvalue weighted by Gasteiger charge is 2.37. The summed E-state index contributed by atoms with van der Waals surface area (Å²) in [6, 6.07) is 0. The fourth-order valence-corrected chi connectivity index (χ4v) is 2.76. The van der Waals surface area contributed by atoms with Crippen LogP contribution < -0.4 is 10.6 Å². The monoisotopic (exact) mass is 272 g/mol. The zero-order valence-electron chi connectivity index (χ0n) is 14.1. The standard InChI is InChI=1S/C16H36N2O/c1-7-15(8-2,11-13-17-5)19-16(9-3,10-4)12-14-18-6/h17-18H,7-14H2,1-6H3. The highest BCUT2D eigenvalue weighted by atomic mass is 16.5. The minimum absolute atomic E-state index is 0.0305. The smallest absolute Gasteiger partial charge is 0.0697 e. The maximum Gasteiger partial charge on any atom is 0.0697 e. The van der Waals surface area contributed by atoms with Crippen LogP contribution in [0, 0.1) is 0 Å². The van der Waals surface area contributed by atoms with Crippen molar-refractivity contribution in [2.75, 3.05) is 27.2 Å². The molecule has 0 aromatic carbocycles. The van der Waals surface area contributed by atoms with Crippen LogP contribution >= 0.6 is 0 Å². The lowest BCUT2D eigenvalue weighted by Gasteiger charge is -2.43. The predicted molar refractivity (Wildman–Crippen MR) is 84.8 cm³/mol. The number of hydrogen-bond acceptors (Lipinski definition) is 3. The summed E-state index contributed by atoms with van der Waals surface area (Å²) in [5.74, 6) is 0.